The summed E-state index contributed by atoms with van der Waals surface area (Å²) in [6.45, 7) is 0. The molecule has 0 spiro atoms. The van der Waals surface area contributed by atoms with Crippen LogP contribution in [0.1, 0.15) is 5.56 Å². The van der Waals surface area contributed by atoms with Crippen LogP contribution in [-0.4, -0.2) is 25.6 Å². The van der Waals surface area contributed by atoms with Gasteiger partial charge in [0.15, 0.2) is 0 Å². The lowest BCUT2D eigenvalue weighted by Gasteiger charge is -2.11. The quantitative estimate of drug-likeness (QED) is 0.734. The lowest BCUT2D eigenvalue weighted by atomic mass is 10.1. The van der Waals surface area contributed by atoms with Crippen molar-refractivity contribution in [3.8, 4) is 17.2 Å². The number of carbonyl (C=O) groups is 1. The molecule has 0 bridgehead atoms. The van der Waals surface area contributed by atoms with Crippen molar-refractivity contribution in [2.45, 2.75) is 6.42 Å². The summed E-state index contributed by atoms with van der Waals surface area (Å²) >= 11 is 0. The second-order valence-corrected chi connectivity index (χ2v) is 2.70. The molecule has 1 rings (SSSR count). The van der Waals surface area contributed by atoms with Crippen LogP contribution in [0.15, 0.2) is 12.1 Å². The monoisotopic (exact) mass is 196 g/mol. The number of phenolic OH excluding ortho intramolecular Hbond substituents is 1. The lowest BCUT2D eigenvalue weighted by molar-refractivity contribution is -0.107. The molecule has 14 heavy (non-hydrogen) atoms. The molecule has 0 heterocycles. The summed E-state index contributed by atoms with van der Waals surface area (Å²) in [7, 11) is 2.95. The summed E-state index contributed by atoms with van der Waals surface area (Å²) in [6.07, 6.45) is 0.962. The molecule has 0 aliphatic rings. The van der Waals surface area contributed by atoms with Crippen molar-refractivity contribution in [3.63, 3.8) is 0 Å². The molecule has 0 aliphatic heterocycles. The van der Waals surface area contributed by atoms with Gasteiger partial charge in [-0.2, -0.15) is 0 Å². The number of hydrogen-bond acceptors (Lipinski definition) is 4. The van der Waals surface area contributed by atoms with Gasteiger partial charge in [0.2, 0.25) is 0 Å². The molecule has 4 nitrogen and oxygen atoms in total. The molecule has 0 saturated heterocycles. The predicted octanol–water partition coefficient (Wildman–Crippen LogP) is 1.15. The molecule has 0 aromatic heterocycles. The lowest BCUT2D eigenvalue weighted by Crippen LogP contribution is -1.97. The molecule has 0 fully saturated rings. The van der Waals surface area contributed by atoms with E-state index in [1.54, 1.807) is 0 Å². The number of methoxy groups -OCH3 is 2. The Hall–Kier alpha value is -1.71. The number of rotatable bonds is 4. The second-order valence-electron chi connectivity index (χ2n) is 2.70. The number of phenols is 1. The van der Waals surface area contributed by atoms with Crippen molar-refractivity contribution in [1.29, 1.82) is 0 Å². The third-order valence-electron chi connectivity index (χ3n) is 1.88. The highest BCUT2D eigenvalue weighted by Gasteiger charge is 2.11. The van der Waals surface area contributed by atoms with E-state index < -0.39 is 0 Å². The van der Waals surface area contributed by atoms with Crippen LogP contribution in [0, 0.1) is 0 Å². The van der Waals surface area contributed by atoms with Crippen LogP contribution < -0.4 is 9.47 Å². The molecule has 0 unspecified atom stereocenters. The van der Waals surface area contributed by atoms with Gasteiger partial charge in [0.1, 0.15) is 23.5 Å². The van der Waals surface area contributed by atoms with Gasteiger partial charge in [-0.1, -0.05) is 0 Å². The highest BCUT2D eigenvalue weighted by Crippen LogP contribution is 2.33. The minimum absolute atomic E-state index is 0.0494. The minimum atomic E-state index is 0.0494. The van der Waals surface area contributed by atoms with Crippen LogP contribution in [0.2, 0.25) is 0 Å². The van der Waals surface area contributed by atoms with Crippen LogP contribution in [0.25, 0.3) is 0 Å². The Balaban J connectivity index is 3.24. The van der Waals surface area contributed by atoms with Crippen LogP contribution in [0.5, 0.6) is 17.2 Å². The molecule has 0 atom stereocenters. The fourth-order valence-corrected chi connectivity index (χ4v) is 1.25. The van der Waals surface area contributed by atoms with Crippen LogP contribution in [0.4, 0.5) is 0 Å². The van der Waals surface area contributed by atoms with Crippen molar-refractivity contribution in [2.24, 2.45) is 0 Å². The van der Waals surface area contributed by atoms with Crippen molar-refractivity contribution in [2.75, 3.05) is 14.2 Å². The Morgan fingerprint density at radius 3 is 2.14 bits per heavy atom. The molecule has 1 aromatic rings. The molecule has 1 aromatic carbocycles. The molecular formula is C10H12O4. The molecule has 0 radical (unpaired) electrons. The number of ether oxygens (including phenoxy) is 2. The first-order valence-corrected chi connectivity index (χ1v) is 4.10. The van der Waals surface area contributed by atoms with E-state index in [1.165, 1.54) is 26.4 Å². The standard InChI is InChI=1S/C10H12O4/c1-13-9-5-7(12)6-10(14-2)8(9)3-4-11/h4-6,12H,3H2,1-2H3. The summed E-state index contributed by atoms with van der Waals surface area (Å²) < 4.78 is 10.0. The summed E-state index contributed by atoms with van der Waals surface area (Å²) in [6, 6.07) is 2.89. The average molecular weight is 196 g/mol. The number of carbonyl (C=O) groups excluding carboxylic acids is 1. The maximum Gasteiger partial charge on any atom is 0.129 e. The Morgan fingerprint density at radius 2 is 1.79 bits per heavy atom. The van der Waals surface area contributed by atoms with E-state index in [2.05, 4.69) is 0 Å². The molecule has 0 saturated carbocycles. The molecule has 76 valence electrons. The zero-order valence-corrected chi connectivity index (χ0v) is 8.11. The van der Waals surface area contributed by atoms with Gasteiger partial charge in [0, 0.05) is 24.1 Å². The van der Waals surface area contributed by atoms with Crippen molar-refractivity contribution in [3.05, 3.63) is 17.7 Å². The van der Waals surface area contributed by atoms with Gasteiger partial charge in [-0.3, -0.25) is 0 Å². The van der Waals surface area contributed by atoms with Crippen LogP contribution in [-0.2, 0) is 11.2 Å². The fraction of sp³-hybridized carbons (Fsp3) is 0.300. The summed E-state index contributed by atoms with van der Waals surface area (Å²) in [5.41, 5.74) is 0.641. The van der Waals surface area contributed by atoms with E-state index in [0.29, 0.717) is 17.1 Å². The van der Waals surface area contributed by atoms with Crippen molar-refractivity contribution < 1.29 is 19.4 Å². The Labute approximate surface area is 82.1 Å². The molecule has 0 amide bonds. The minimum Gasteiger partial charge on any atom is -0.508 e. The highest BCUT2D eigenvalue weighted by atomic mass is 16.5. The van der Waals surface area contributed by atoms with E-state index in [4.69, 9.17) is 9.47 Å². The van der Waals surface area contributed by atoms with Crippen LogP contribution in [0.3, 0.4) is 0 Å². The van der Waals surface area contributed by atoms with Gasteiger partial charge in [0.05, 0.1) is 14.2 Å². The van der Waals surface area contributed by atoms with Gasteiger partial charge < -0.3 is 19.4 Å². The fourth-order valence-electron chi connectivity index (χ4n) is 1.25. The van der Waals surface area contributed by atoms with E-state index in [0.717, 1.165) is 6.29 Å². The Morgan fingerprint density at radius 1 is 1.29 bits per heavy atom. The normalized spacial score (nSPS) is 9.57. The molecular weight excluding hydrogens is 184 g/mol. The maximum absolute atomic E-state index is 10.4. The zero-order chi connectivity index (χ0) is 10.6. The molecule has 1 N–H and O–H groups in total. The van der Waals surface area contributed by atoms with E-state index in [9.17, 15) is 9.90 Å². The zero-order valence-electron chi connectivity index (χ0n) is 8.11. The third kappa shape index (κ3) is 1.96. The number of benzene rings is 1. The van der Waals surface area contributed by atoms with E-state index in [1.807, 2.05) is 0 Å². The number of aromatic hydroxyl groups is 1. The van der Waals surface area contributed by atoms with Gasteiger partial charge >= 0.3 is 0 Å². The smallest absolute Gasteiger partial charge is 0.129 e. The van der Waals surface area contributed by atoms with Gasteiger partial charge in [-0.05, 0) is 0 Å². The highest BCUT2D eigenvalue weighted by molar-refractivity contribution is 5.62. The molecule has 0 aliphatic carbocycles. The first-order valence-electron chi connectivity index (χ1n) is 4.10. The first kappa shape index (κ1) is 10.4. The number of hydrogen-bond donors (Lipinski definition) is 1. The Kier molecular flexibility index (Phi) is 3.34. The summed E-state index contributed by atoms with van der Waals surface area (Å²) in [5.74, 6) is 0.955. The predicted molar refractivity (Wildman–Crippen MR) is 51.0 cm³/mol. The largest absolute Gasteiger partial charge is 0.508 e. The Bertz CT molecular complexity index is 308. The third-order valence-corrected chi connectivity index (χ3v) is 1.88. The summed E-state index contributed by atoms with van der Waals surface area (Å²) in [4.78, 5) is 10.4. The first-order chi connectivity index (χ1) is 6.72. The van der Waals surface area contributed by atoms with E-state index in [-0.39, 0.29) is 12.2 Å². The summed E-state index contributed by atoms with van der Waals surface area (Å²) in [5, 5.41) is 9.30. The van der Waals surface area contributed by atoms with Crippen molar-refractivity contribution >= 4 is 6.29 Å². The number of aldehydes is 1. The SMILES string of the molecule is COc1cc(O)cc(OC)c1CC=O. The second kappa shape index (κ2) is 4.50. The van der Waals surface area contributed by atoms with Gasteiger partial charge in [-0.15, -0.1) is 0 Å². The van der Waals surface area contributed by atoms with Crippen LogP contribution >= 0.6 is 0 Å². The van der Waals surface area contributed by atoms with Gasteiger partial charge in [-0.25, -0.2) is 0 Å². The maximum atomic E-state index is 10.4. The average Bonchev–Trinajstić information content (AvgIpc) is 2.20. The molecule has 4 heteroatoms. The van der Waals surface area contributed by atoms with Gasteiger partial charge in [0.25, 0.3) is 0 Å². The van der Waals surface area contributed by atoms with E-state index >= 15 is 0 Å². The topological polar surface area (TPSA) is 55.8 Å². The van der Waals surface area contributed by atoms with Crippen molar-refractivity contribution in [1.82, 2.24) is 0 Å².